The van der Waals surface area contributed by atoms with Crippen LogP contribution in [0.4, 0.5) is 0 Å². The second-order valence-electron chi connectivity index (χ2n) is 5.24. The van der Waals surface area contributed by atoms with Gasteiger partial charge in [-0.05, 0) is 58.2 Å². The van der Waals surface area contributed by atoms with E-state index in [1.54, 1.807) is 0 Å². The third-order valence-electron chi connectivity index (χ3n) is 4.57. The van der Waals surface area contributed by atoms with Gasteiger partial charge < -0.3 is 5.32 Å². The molecule has 0 radical (unpaired) electrons. The molecule has 0 unspecified atom stereocenters. The van der Waals surface area contributed by atoms with Gasteiger partial charge in [-0.3, -0.25) is 4.90 Å². The Hall–Kier alpha value is -0.0800. The fourth-order valence-electron chi connectivity index (χ4n) is 3.69. The van der Waals surface area contributed by atoms with Gasteiger partial charge in [0.15, 0.2) is 0 Å². The van der Waals surface area contributed by atoms with Crippen molar-refractivity contribution in [1.29, 1.82) is 0 Å². The summed E-state index contributed by atoms with van der Waals surface area (Å²) in [6.45, 7) is 8.52. The van der Waals surface area contributed by atoms with Gasteiger partial charge in [0, 0.05) is 11.6 Å². The average Bonchev–Trinajstić information content (AvgIpc) is 2.66. The fraction of sp³-hybridized carbons (Fsp3) is 1.00. The van der Waals surface area contributed by atoms with Crippen molar-refractivity contribution in [3.63, 3.8) is 0 Å². The van der Waals surface area contributed by atoms with Crippen molar-refractivity contribution < 1.29 is 0 Å². The van der Waals surface area contributed by atoms with E-state index in [0.29, 0.717) is 5.54 Å². The maximum absolute atomic E-state index is 3.50. The van der Waals surface area contributed by atoms with Gasteiger partial charge in [-0.15, -0.1) is 0 Å². The highest BCUT2D eigenvalue weighted by Crippen LogP contribution is 2.39. The summed E-state index contributed by atoms with van der Waals surface area (Å²) < 4.78 is 0. The summed E-state index contributed by atoms with van der Waals surface area (Å²) in [6.07, 6.45) is 8.28. The van der Waals surface area contributed by atoms with Gasteiger partial charge in [-0.2, -0.15) is 0 Å². The predicted molar refractivity (Wildman–Crippen MR) is 65.1 cm³/mol. The van der Waals surface area contributed by atoms with Crippen molar-refractivity contribution >= 4 is 0 Å². The van der Waals surface area contributed by atoms with E-state index in [0.717, 1.165) is 6.04 Å². The van der Waals surface area contributed by atoms with Crippen LogP contribution in [0.25, 0.3) is 0 Å². The normalized spacial score (nSPS) is 26.6. The maximum atomic E-state index is 3.50. The van der Waals surface area contributed by atoms with E-state index in [1.807, 2.05) is 0 Å². The Bertz CT molecular complexity index is 193. The summed E-state index contributed by atoms with van der Waals surface area (Å²) in [6, 6.07) is 0.839. The van der Waals surface area contributed by atoms with Crippen molar-refractivity contribution in [3.05, 3.63) is 0 Å². The third-order valence-corrected chi connectivity index (χ3v) is 4.57. The summed E-state index contributed by atoms with van der Waals surface area (Å²) >= 11 is 0. The molecule has 0 atom stereocenters. The lowest BCUT2D eigenvalue weighted by atomic mass is 9.84. The molecule has 2 fully saturated rings. The van der Waals surface area contributed by atoms with E-state index in [-0.39, 0.29) is 0 Å². The molecule has 2 heteroatoms. The lowest BCUT2D eigenvalue weighted by molar-refractivity contribution is 0.0535. The Morgan fingerprint density at radius 1 is 1.13 bits per heavy atom. The zero-order valence-corrected chi connectivity index (χ0v) is 10.4. The van der Waals surface area contributed by atoms with E-state index in [2.05, 4.69) is 24.1 Å². The molecule has 0 aromatic rings. The zero-order valence-electron chi connectivity index (χ0n) is 10.4. The molecule has 0 bridgehead atoms. The molecule has 2 saturated heterocycles. The molecule has 88 valence electrons. The summed E-state index contributed by atoms with van der Waals surface area (Å²) in [5.41, 5.74) is 0.585. The van der Waals surface area contributed by atoms with E-state index in [9.17, 15) is 0 Å². The third kappa shape index (κ3) is 2.07. The second-order valence-corrected chi connectivity index (χ2v) is 5.24. The van der Waals surface area contributed by atoms with Gasteiger partial charge >= 0.3 is 0 Å². The molecule has 0 aromatic carbocycles. The number of hydrogen-bond acceptors (Lipinski definition) is 2. The quantitative estimate of drug-likeness (QED) is 0.769. The number of likely N-dealkylation sites (tertiary alicyclic amines) is 1. The van der Waals surface area contributed by atoms with Crippen molar-refractivity contribution in [2.45, 2.75) is 64.0 Å². The lowest BCUT2D eigenvalue weighted by Crippen LogP contribution is -2.54. The molecule has 15 heavy (non-hydrogen) atoms. The summed E-state index contributed by atoms with van der Waals surface area (Å²) in [5.74, 6) is 0. The molecule has 2 rings (SSSR count). The molecule has 2 nitrogen and oxygen atoms in total. The number of nitrogens with zero attached hydrogens (tertiary/aromatic N) is 1. The summed E-state index contributed by atoms with van der Waals surface area (Å²) in [5, 5.41) is 3.50. The van der Waals surface area contributed by atoms with Gasteiger partial charge in [-0.1, -0.05) is 13.8 Å². The topological polar surface area (TPSA) is 15.3 Å². The Morgan fingerprint density at radius 3 is 2.40 bits per heavy atom. The van der Waals surface area contributed by atoms with Crippen LogP contribution in [-0.2, 0) is 0 Å². The summed E-state index contributed by atoms with van der Waals surface area (Å²) in [4.78, 5) is 2.86. The first-order chi connectivity index (χ1) is 7.32. The zero-order chi connectivity index (χ0) is 10.7. The van der Waals surface area contributed by atoms with Gasteiger partial charge in [-0.25, -0.2) is 0 Å². The number of piperidine rings is 1. The minimum atomic E-state index is 0.585. The number of hydrogen-bond donors (Lipinski definition) is 1. The first kappa shape index (κ1) is 11.4. The Balaban J connectivity index is 2.08. The van der Waals surface area contributed by atoms with Crippen LogP contribution in [0.2, 0.25) is 0 Å². The number of nitrogens with one attached hydrogen (secondary N) is 1. The van der Waals surface area contributed by atoms with Crippen LogP contribution in [0.15, 0.2) is 0 Å². The largest absolute Gasteiger partial charge is 0.317 e. The predicted octanol–water partition coefficient (Wildman–Crippen LogP) is 2.39. The SMILES string of the molecule is CCC(CC)N1CCCC12CCNCC2. The Labute approximate surface area is 94.4 Å². The molecule has 0 aliphatic carbocycles. The minimum Gasteiger partial charge on any atom is -0.317 e. The molecule has 2 aliphatic heterocycles. The second kappa shape index (κ2) is 4.84. The monoisotopic (exact) mass is 210 g/mol. The van der Waals surface area contributed by atoms with Crippen molar-refractivity contribution in [1.82, 2.24) is 10.2 Å². The van der Waals surface area contributed by atoms with E-state index >= 15 is 0 Å². The highest BCUT2D eigenvalue weighted by atomic mass is 15.3. The van der Waals surface area contributed by atoms with Crippen LogP contribution in [0.1, 0.15) is 52.4 Å². The van der Waals surface area contributed by atoms with Gasteiger partial charge in [0.25, 0.3) is 0 Å². The molecule has 2 heterocycles. The molecule has 1 spiro atoms. The average molecular weight is 210 g/mol. The Kier molecular flexibility index (Phi) is 3.68. The molecule has 0 amide bonds. The molecule has 0 aromatic heterocycles. The highest BCUT2D eigenvalue weighted by Gasteiger charge is 2.43. The summed E-state index contributed by atoms with van der Waals surface area (Å²) in [7, 11) is 0. The number of rotatable bonds is 3. The Morgan fingerprint density at radius 2 is 1.80 bits per heavy atom. The lowest BCUT2D eigenvalue weighted by Gasteiger charge is -2.45. The first-order valence-electron chi connectivity index (χ1n) is 6.80. The molecular formula is C13H26N2. The van der Waals surface area contributed by atoms with Crippen molar-refractivity contribution in [2.24, 2.45) is 0 Å². The highest BCUT2D eigenvalue weighted by molar-refractivity contribution is 5.00. The molecule has 2 aliphatic rings. The van der Waals surface area contributed by atoms with Crippen LogP contribution >= 0.6 is 0 Å². The minimum absolute atomic E-state index is 0.585. The standard InChI is InChI=1S/C13H26N2/c1-3-12(4-2)15-11-5-6-13(15)7-9-14-10-8-13/h12,14H,3-11H2,1-2H3. The van der Waals surface area contributed by atoms with E-state index in [1.165, 1.54) is 58.2 Å². The van der Waals surface area contributed by atoms with Crippen LogP contribution < -0.4 is 5.32 Å². The smallest absolute Gasteiger partial charge is 0.0237 e. The van der Waals surface area contributed by atoms with Crippen molar-refractivity contribution in [3.8, 4) is 0 Å². The van der Waals surface area contributed by atoms with Gasteiger partial charge in [0.1, 0.15) is 0 Å². The van der Waals surface area contributed by atoms with Gasteiger partial charge in [0.2, 0.25) is 0 Å². The van der Waals surface area contributed by atoms with Crippen LogP contribution in [0.3, 0.4) is 0 Å². The van der Waals surface area contributed by atoms with E-state index < -0.39 is 0 Å². The van der Waals surface area contributed by atoms with Crippen LogP contribution in [0.5, 0.6) is 0 Å². The van der Waals surface area contributed by atoms with E-state index in [4.69, 9.17) is 0 Å². The van der Waals surface area contributed by atoms with Gasteiger partial charge in [0.05, 0.1) is 0 Å². The first-order valence-corrected chi connectivity index (χ1v) is 6.80. The maximum Gasteiger partial charge on any atom is 0.0237 e. The molecular weight excluding hydrogens is 184 g/mol. The van der Waals surface area contributed by atoms with Crippen molar-refractivity contribution in [2.75, 3.05) is 19.6 Å². The van der Waals surface area contributed by atoms with Crippen LogP contribution in [0, 0.1) is 0 Å². The molecule has 0 saturated carbocycles. The molecule has 1 N–H and O–H groups in total. The fourth-order valence-corrected chi connectivity index (χ4v) is 3.69. The van der Waals surface area contributed by atoms with Crippen LogP contribution in [-0.4, -0.2) is 36.1 Å².